The number of rotatable bonds is 3. The largest absolute Gasteiger partial charge is 0.507 e. The van der Waals surface area contributed by atoms with Crippen LogP contribution in [0.25, 0.3) is 11.1 Å². The smallest absolute Gasteiger partial charge is 0.339 e. The number of esters is 2. The Morgan fingerprint density at radius 1 is 0.654 bits per heavy atom. The number of hydrogen-bond donors (Lipinski definition) is 9. The lowest BCUT2D eigenvalue weighted by Gasteiger charge is -2.41. The Labute approximate surface area is 291 Å². The van der Waals surface area contributed by atoms with Crippen LogP contribution in [0.1, 0.15) is 49.2 Å². The number of ether oxygens (including phenoxy) is 5. The van der Waals surface area contributed by atoms with Gasteiger partial charge in [0, 0.05) is 23.3 Å². The van der Waals surface area contributed by atoms with Crippen LogP contribution in [-0.4, -0.2) is 101 Å². The summed E-state index contributed by atoms with van der Waals surface area (Å²) in [4.78, 5) is 40.0. The number of ketones is 1. The summed E-state index contributed by atoms with van der Waals surface area (Å²) >= 11 is 0. The molecule has 7 rings (SSSR count). The first-order valence-corrected chi connectivity index (χ1v) is 15.5. The van der Waals surface area contributed by atoms with E-state index in [9.17, 15) is 60.3 Å². The molecular formula is C35H28O17. The summed E-state index contributed by atoms with van der Waals surface area (Å²) in [6.07, 6.45) is -10.1. The Hall–Kier alpha value is -6.43. The van der Waals surface area contributed by atoms with Crippen molar-refractivity contribution < 1.29 is 84.0 Å². The molecule has 3 heterocycles. The predicted octanol–water partition coefficient (Wildman–Crippen LogP) is 2.22. The normalized spacial score (nSPS) is 24.1. The Bertz CT molecular complexity index is 2130. The summed E-state index contributed by atoms with van der Waals surface area (Å²) in [5, 5.41) is 95.5. The van der Waals surface area contributed by atoms with Gasteiger partial charge in [0.05, 0.1) is 17.5 Å². The molecule has 17 nitrogen and oxygen atoms in total. The quantitative estimate of drug-likeness (QED) is 0.108. The van der Waals surface area contributed by atoms with Crippen LogP contribution >= 0.6 is 0 Å². The molecule has 0 amide bonds. The van der Waals surface area contributed by atoms with Gasteiger partial charge in [0.25, 0.3) is 0 Å². The number of fused-ring (bicyclic) bond motifs is 5. The molecule has 4 aromatic carbocycles. The number of Topliss-reactive ketones (excluding diaryl/α,β-unsaturated/α-hetero) is 1. The van der Waals surface area contributed by atoms with Crippen LogP contribution in [0.5, 0.6) is 51.7 Å². The van der Waals surface area contributed by atoms with Crippen molar-refractivity contribution in [3.05, 3.63) is 76.9 Å². The Morgan fingerprint density at radius 2 is 1.27 bits per heavy atom. The molecule has 270 valence electrons. The Kier molecular flexibility index (Phi) is 8.32. The van der Waals surface area contributed by atoms with Gasteiger partial charge in [0.2, 0.25) is 17.8 Å². The van der Waals surface area contributed by atoms with Crippen LogP contribution in [0.3, 0.4) is 0 Å². The van der Waals surface area contributed by atoms with Crippen molar-refractivity contribution in [3.63, 3.8) is 0 Å². The molecule has 0 aliphatic carbocycles. The number of phenolic OH excluding ortho intramolecular Hbond substituents is 7. The third-order valence-corrected chi connectivity index (χ3v) is 8.86. The van der Waals surface area contributed by atoms with Gasteiger partial charge in [-0.1, -0.05) is 30.3 Å². The van der Waals surface area contributed by atoms with E-state index in [1.54, 1.807) is 30.3 Å². The van der Waals surface area contributed by atoms with Crippen molar-refractivity contribution in [1.29, 1.82) is 0 Å². The zero-order valence-corrected chi connectivity index (χ0v) is 26.4. The van der Waals surface area contributed by atoms with Crippen molar-refractivity contribution in [3.8, 4) is 62.9 Å². The molecule has 52 heavy (non-hydrogen) atoms. The molecule has 0 unspecified atom stereocenters. The molecule has 9 N–H and O–H groups in total. The lowest BCUT2D eigenvalue weighted by Crippen LogP contribution is -2.61. The van der Waals surface area contributed by atoms with E-state index in [0.29, 0.717) is 17.7 Å². The highest BCUT2D eigenvalue weighted by molar-refractivity contribution is 6.08. The summed E-state index contributed by atoms with van der Waals surface area (Å²) in [7, 11) is 0. The van der Waals surface area contributed by atoms with E-state index in [1.165, 1.54) is 6.07 Å². The minimum Gasteiger partial charge on any atom is -0.507 e. The molecule has 0 saturated carbocycles. The molecule has 6 atom stereocenters. The fraction of sp³-hybridized carbons (Fsp3) is 0.229. The topological polar surface area (TPSA) is 279 Å². The molecule has 1 saturated heterocycles. The van der Waals surface area contributed by atoms with Crippen molar-refractivity contribution in [1.82, 2.24) is 0 Å². The molecule has 3 aliphatic rings. The third-order valence-electron chi connectivity index (χ3n) is 8.86. The van der Waals surface area contributed by atoms with Gasteiger partial charge >= 0.3 is 11.9 Å². The highest BCUT2D eigenvalue weighted by atomic mass is 16.7. The summed E-state index contributed by atoms with van der Waals surface area (Å²) in [6, 6.07) is 12.4. The number of aliphatic hydroxyl groups excluding tert-OH is 2. The van der Waals surface area contributed by atoms with E-state index in [-0.39, 0.29) is 23.5 Å². The summed E-state index contributed by atoms with van der Waals surface area (Å²) in [5.41, 5.74) is -2.67. The minimum atomic E-state index is -2.05. The molecule has 3 aliphatic heterocycles. The van der Waals surface area contributed by atoms with Crippen LogP contribution in [0.15, 0.2) is 54.6 Å². The average Bonchev–Trinajstić information content (AvgIpc) is 3.13. The molecule has 0 aromatic heterocycles. The number of carbonyl (C=O) groups excluding carboxylic acids is 3. The second-order valence-electron chi connectivity index (χ2n) is 12.1. The maximum atomic E-state index is 13.6. The predicted molar refractivity (Wildman–Crippen MR) is 170 cm³/mol. The highest BCUT2D eigenvalue weighted by Gasteiger charge is 2.49. The van der Waals surface area contributed by atoms with E-state index < -0.39 is 124 Å². The fourth-order valence-electron chi connectivity index (χ4n) is 6.29. The number of aliphatic hydroxyl groups is 2. The van der Waals surface area contributed by atoms with Crippen LogP contribution in [0.2, 0.25) is 0 Å². The van der Waals surface area contributed by atoms with E-state index in [2.05, 4.69) is 0 Å². The Balaban J connectivity index is 1.23. The monoisotopic (exact) mass is 720 g/mol. The zero-order valence-electron chi connectivity index (χ0n) is 26.4. The number of phenols is 7. The zero-order chi connectivity index (χ0) is 37.2. The maximum Gasteiger partial charge on any atom is 0.339 e. The number of cyclic esters (lactones) is 1. The van der Waals surface area contributed by atoms with E-state index in [4.69, 9.17) is 23.7 Å². The number of benzene rings is 4. The van der Waals surface area contributed by atoms with Crippen molar-refractivity contribution in [2.45, 2.75) is 43.2 Å². The van der Waals surface area contributed by atoms with Gasteiger partial charge in [0.1, 0.15) is 53.8 Å². The maximum absolute atomic E-state index is 13.6. The van der Waals surface area contributed by atoms with Crippen LogP contribution < -0.4 is 9.47 Å². The molecule has 0 radical (unpaired) electrons. The first-order chi connectivity index (χ1) is 24.7. The van der Waals surface area contributed by atoms with E-state index >= 15 is 0 Å². The first-order valence-electron chi connectivity index (χ1n) is 15.5. The molecule has 0 spiro atoms. The van der Waals surface area contributed by atoms with Gasteiger partial charge in [0.15, 0.2) is 34.9 Å². The number of hydrogen-bond acceptors (Lipinski definition) is 17. The van der Waals surface area contributed by atoms with Gasteiger partial charge in [-0.3, -0.25) is 4.79 Å². The standard InChI is InChI=1S/C35H28O17/c36-16-6-13(7-21-25(16)17(37)10-20(50-21)12-4-2-1-3-5-12)49-35-31(45)30(44)32-22(51-35)11-48-33(46)14-8-18(38)26(40)28(42)23(14)24-15(34(47)52-32)9-19(39)27(41)29(24)43/h1-9,20,22,30-32,35-36,38-45H,10-11H2/t20-,22+,30+,31+,32+,35+/m0/s1. The molecular weight excluding hydrogens is 692 g/mol. The van der Waals surface area contributed by atoms with Crippen molar-refractivity contribution >= 4 is 17.7 Å². The number of carbonyl (C=O) groups is 3. The van der Waals surface area contributed by atoms with Gasteiger partial charge < -0.3 is 69.6 Å². The molecule has 17 heteroatoms. The van der Waals surface area contributed by atoms with Crippen LogP contribution in [-0.2, 0) is 14.2 Å². The SMILES string of the molecule is O=C1OC[C@H]2O[C@@H](Oc3cc(O)c4c(c3)O[C@H](c3ccccc3)CC4=O)[C@H](O)[C@@H](O)[C@@H]2OC(=O)c2cc(O)c(O)c(O)c2-c2c1cc(O)c(O)c2O. The van der Waals surface area contributed by atoms with Crippen molar-refractivity contribution in [2.75, 3.05) is 6.61 Å². The second kappa shape index (κ2) is 12.7. The van der Waals surface area contributed by atoms with Gasteiger partial charge in [-0.15, -0.1) is 0 Å². The first kappa shape index (κ1) is 34.0. The molecule has 0 bridgehead atoms. The minimum absolute atomic E-state index is 0.0472. The van der Waals surface area contributed by atoms with Gasteiger partial charge in [-0.05, 0) is 17.7 Å². The average molecular weight is 721 g/mol. The third kappa shape index (κ3) is 5.62. The summed E-state index contributed by atoms with van der Waals surface area (Å²) < 4.78 is 28.3. The lowest BCUT2D eigenvalue weighted by molar-refractivity contribution is -0.276. The second-order valence-corrected chi connectivity index (χ2v) is 12.1. The summed E-state index contributed by atoms with van der Waals surface area (Å²) in [5.74, 6) is -11.0. The molecule has 1 fully saturated rings. The van der Waals surface area contributed by atoms with Crippen LogP contribution in [0.4, 0.5) is 0 Å². The van der Waals surface area contributed by atoms with Crippen molar-refractivity contribution in [2.24, 2.45) is 0 Å². The summed E-state index contributed by atoms with van der Waals surface area (Å²) in [6.45, 7) is -0.854. The highest BCUT2D eigenvalue weighted by Crippen LogP contribution is 2.53. The van der Waals surface area contributed by atoms with Crippen LogP contribution in [0, 0.1) is 0 Å². The Morgan fingerprint density at radius 3 is 1.90 bits per heavy atom. The number of aromatic hydroxyl groups is 7. The molecule has 4 aromatic rings. The van der Waals surface area contributed by atoms with Gasteiger partial charge in [-0.25, -0.2) is 9.59 Å². The van der Waals surface area contributed by atoms with Gasteiger partial charge in [-0.2, -0.15) is 0 Å². The van der Waals surface area contributed by atoms with E-state index in [0.717, 1.165) is 6.07 Å². The fourth-order valence-corrected chi connectivity index (χ4v) is 6.29. The lowest BCUT2D eigenvalue weighted by atomic mass is 9.92. The van der Waals surface area contributed by atoms with E-state index in [1.807, 2.05) is 0 Å².